The van der Waals surface area contributed by atoms with Crippen molar-refractivity contribution in [1.29, 1.82) is 0 Å². The van der Waals surface area contributed by atoms with E-state index in [1.54, 1.807) is 0 Å². The smallest absolute Gasteiger partial charge is 0.370 e. The summed E-state index contributed by atoms with van der Waals surface area (Å²) in [4.78, 5) is 17.8. The Morgan fingerprint density at radius 3 is 2.39 bits per heavy atom. The van der Waals surface area contributed by atoms with Crippen LogP contribution in [0.2, 0.25) is 0 Å². The Hall–Kier alpha value is -2.61. The Labute approximate surface area is 190 Å². The van der Waals surface area contributed by atoms with Crippen LogP contribution >= 0.6 is 11.8 Å². The third-order valence-electron chi connectivity index (χ3n) is 6.14. The molecular weight excluding hydrogens is 468 g/mol. The number of carbonyl (C=O) groups is 1. The summed E-state index contributed by atoms with van der Waals surface area (Å²) in [5.74, 6) is 3.19. The molecule has 1 aromatic carbocycles. The van der Waals surface area contributed by atoms with Crippen LogP contribution < -0.4 is 10.2 Å². The molecule has 11 heteroatoms. The maximum Gasteiger partial charge on any atom is 0.418 e. The summed E-state index contributed by atoms with van der Waals surface area (Å²) >= 11 is 1.00. The zero-order chi connectivity index (χ0) is 24.0. The third-order valence-corrected chi connectivity index (χ3v) is 6.95. The van der Waals surface area contributed by atoms with Crippen molar-refractivity contribution >= 4 is 28.5 Å². The van der Waals surface area contributed by atoms with Crippen LogP contribution in [0.15, 0.2) is 34.2 Å². The molecule has 4 nitrogen and oxygen atoms in total. The number of thioether (sulfide) groups is 1. The van der Waals surface area contributed by atoms with E-state index in [0.717, 1.165) is 17.8 Å². The largest absolute Gasteiger partial charge is 0.418 e. The molecule has 0 bridgehead atoms. The number of nitrogens with zero attached hydrogens (tertiary/aromatic N) is 2. The first-order valence-electron chi connectivity index (χ1n) is 10.2. The number of rotatable bonds is 3. The number of alkyl halides is 6. The van der Waals surface area contributed by atoms with Crippen LogP contribution in [-0.4, -0.2) is 30.7 Å². The predicted molar refractivity (Wildman–Crippen MR) is 114 cm³/mol. The fraction of sp³-hybridized carbons (Fsp3) is 0.455. The van der Waals surface area contributed by atoms with Gasteiger partial charge in [0.25, 0.3) is 0 Å². The molecule has 1 N–H and O–H groups in total. The second kappa shape index (κ2) is 8.63. The number of allylic oxidation sites excluding steroid dienone is 1. The number of aliphatic imine (C=N–C) groups is 1. The number of terminal acetylenes is 1. The highest BCUT2D eigenvalue weighted by Gasteiger charge is 2.44. The lowest BCUT2D eigenvalue weighted by atomic mass is 10.0. The number of anilines is 1. The maximum absolute atomic E-state index is 13.5. The van der Waals surface area contributed by atoms with Gasteiger partial charge in [-0.3, -0.25) is 4.79 Å². The predicted octanol–water partition coefficient (Wildman–Crippen LogP) is 5.56. The van der Waals surface area contributed by atoms with Crippen molar-refractivity contribution in [3.63, 3.8) is 0 Å². The molecule has 2 fully saturated rings. The molecule has 3 aliphatic rings. The quantitative estimate of drug-likeness (QED) is 0.448. The van der Waals surface area contributed by atoms with E-state index in [1.165, 1.54) is 4.90 Å². The number of fused-ring (bicyclic) bond motifs is 1. The Bertz CT molecular complexity index is 1040. The molecule has 1 aliphatic carbocycles. The molecule has 2 heterocycles. The van der Waals surface area contributed by atoms with Crippen LogP contribution in [0.25, 0.3) is 0 Å². The number of amides is 1. The molecule has 1 saturated carbocycles. The van der Waals surface area contributed by atoms with Gasteiger partial charge in [0, 0.05) is 18.8 Å². The van der Waals surface area contributed by atoms with Gasteiger partial charge >= 0.3 is 17.6 Å². The summed E-state index contributed by atoms with van der Waals surface area (Å²) in [7, 11) is 0. The van der Waals surface area contributed by atoms with Gasteiger partial charge in [-0.05, 0) is 60.6 Å². The van der Waals surface area contributed by atoms with Gasteiger partial charge < -0.3 is 10.2 Å². The Morgan fingerprint density at radius 2 is 1.82 bits per heavy atom. The summed E-state index contributed by atoms with van der Waals surface area (Å²) in [6.07, 6.45) is -1.13. The summed E-state index contributed by atoms with van der Waals surface area (Å²) in [5.41, 5.74) is -2.80. The topological polar surface area (TPSA) is 44.7 Å². The van der Waals surface area contributed by atoms with Crippen molar-refractivity contribution in [2.75, 3.05) is 24.5 Å². The van der Waals surface area contributed by atoms with Gasteiger partial charge in [0.2, 0.25) is 0 Å². The second-order valence-electron chi connectivity index (χ2n) is 8.30. The van der Waals surface area contributed by atoms with Gasteiger partial charge in [-0.15, -0.1) is 6.42 Å². The first kappa shape index (κ1) is 23.5. The minimum absolute atomic E-state index is 0.108. The van der Waals surface area contributed by atoms with Crippen molar-refractivity contribution in [2.24, 2.45) is 22.7 Å². The molecule has 1 saturated heterocycles. The van der Waals surface area contributed by atoms with Crippen LogP contribution in [0.3, 0.4) is 0 Å². The first-order chi connectivity index (χ1) is 15.5. The lowest BCUT2D eigenvalue weighted by molar-refractivity contribution is -0.142. The summed E-state index contributed by atoms with van der Waals surface area (Å²) in [6, 6.07) is 1.81. The fourth-order valence-electron chi connectivity index (χ4n) is 4.79. The van der Waals surface area contributed by atoms with Crippen molar-refractivity contribution < 1.29 is 31.1 Å². The van der Waals surface area contributed by atoms with Crippen molar-refractivity contribution in [3.8, 4) is 12.3 Å². The summed E-state index contributed by atoms with van der Waals surface area (Å²) in [6.45, 7) is 0.895. The molecule has 0 aromatic heterocycles. The first-order valence-corrected chi connectivity index (χ1v) is 11.0. The zero-order valence-corrected chi connectivity index (χ0v) is 17.9. The number of hydrogen-bond acceptors (Lipinski definition) is 4. The molecule has 2 aliphatic heterocycles. The average molecular weight is 487 g/mol. The molecule has 0 spiro atoms. The maximum atomic E-state index is 13.5. The molecule has 1 amide bonds. The van der Waals surface area contributed by atoms with E-state index in [1.807, 2.05) is 6.08 Å². The van der Waals surface area contributed by atoms with E-state index in [2.05, 4.69) is 16.2 Å². The monoisotopic (exact) mass is 487 g/mol. The van der Waals surface area contributed by atoms with Crippen molar-refractivity contribution in [2.45, 2.75) is 25.2 Å². The fourth-order valence-corrected chi connectivity index (χ4v) is 5.59. The number of halogens is 6. The Morgan fingerprint density at radius 1 is 1.15 bits per heavy atom. The lowest BCUT2D eigenvalue weighted by Crippen LogP contribution is -2.25. The Balaban J connectivity index is 1.48. The van der Waals surface area contributed by atoms with Gasteiger partial charge in [0.1, 0.15) is 5.84 Å². The van der Waals surface area contributed by atoms with Crippen molar-refractivity contribution in [3.05, 3.63) is 40.3 Å². The normalized spacial score (nSPS) is 26.5. The number of benzene rings is 1. The molecule has 1 aromatic rings. The Kier molecular flexibility index (Phi) is 6.16. The number of nitrogens with one attached hydrogen (secondary N) is 1. The molecular formula is C22H19F6N3OS. The SMILES string of the molecule is C#CCNC1=NC(=O)S/C1=C\[C@H]1C[C@@H]2CN(c3ccc(C(F)(F)F)cc3C(F)(F)F)C[C@@H]2C1. The average Bonchev–Trinajstić information content (AvgIpc) is 3.37. The zero-order valence-electron chi connectivity index (χ0n) is 17.1. The lowest BCUT2D eigenvalue weighted by Gasteiger charge is -2.25. The van der Waals surface area contributed by atoms with Crippen LogP contribution in [-0.2, 0) is 12.4 Å². The van der Waals surface area contributed by atoms with Crippen LogP contribution in [0.4, 0.5) is 36.8 Å². The number of amidine groups is 1. The van der Waals surface area contributed by atoms with E-state index in [9.17, 15) is 31.1 Å². The van der Waals surface area contributed by atoms with Gasteiger partial charge in [-0.25, -0.2) is 0 Å². The highest BCUT2D eigenvalue weighted by atomic mass is 32.2. The standard InChI is InChI=1S/C22H19F6N3OS/c1-2-5-29-19-18(33-20(32)30-19)8-12-6-13-10-31(11-14(13)7-12)17-4-3-15(21(23,24)25)9-16(17)22(26,27)28/h1,3-4,8-9,12-14H,5-7,10-11H2,(H,29,30,32)/b18-8-/t12-,13+,14-. The molecule has 0 unspecified atom stereocenters. The minimum Gasteiger partial charge on any atom is -0.370 e. The highest BCUT2D eigenvalue weighted by Crippen LogP contribution is 2.47. The van der Waals surface area contributed by atoms with Gasteiger partial charge in [0.15, 0.2) is 0 Å². The number of hydrogen-bond donors (Lipinski definition) is 1. The molecule has 33 heavy (non-hydrogen) atoms. The van der Waals surface area contributed by atoms with E-state index >= 15 is 0 Å². The van der Waals surface area contributed by atoms with Gasteiger partial charge in [0.05, 0.1) is 22.6 Å². The summed E-state index contributed by atoms with van der Waals surface area (Å²) in [5, 5.41) is 2.57. The van der Waals surface area contributed by atoms with E-state index < -0.39 is 23.5 Å². The van der Waals surface area contributed by atoms with E-state index in [-0.39, 0.29) is 41.3 Å². The second-order valence-corrected chi connectivity index (χ2v) is 9.29. The molecule has 3 atom stereocenters. The number of carbonyl (C=O) groups excluding carboxylic acids is 1. The van der Waals surface area contributed by atoms with Crippen LogP contribution in [0.5, 0.6) is 0 Å². The highest BCUT2D eigenvalue weighted by molar-refractivity contribution is 8.18. The molecule has 176 valence electrons. The van der Waals surface area contributed by atoms with E-state index in [4.69, 9.17) is 6.42 Å². The van der Waals surface area contributed by atoms with Crippen LogP contribution in [0, 0.1) is 30.1 Å². The van der Waals surface area contributed by atoms with Gasteiger partial charge in [-0.2, -0.15) is 31.3 Å². The van der Waals surface area contributed by atoms with E-state index in [0.29, 0.717) is 42.7 Å². The third kappa shape index (κ3) is 5.00. The van der Waals surface area contributed by atoms with Crippen LogP contribution in [0.1, 0.15) is 24.0 Å². The minimum atomic E-state index is -4.89. The van der Waals surface area contributed by atoms with Crippen molar-refractivity contribution in [1.82, 2.24) is 5.32 Å². The molecule has 4 rings (SSSR count). The summed E-state index contributed by atoms with van der Waals surface area (Å²) < 4.78 is 79.5. The van der Waals surface area contributed by atoms with Gasteiger partial charge in [-0.1, -0.05) is 12.0 Å². The molecule has 0 radical (unpaired) electrons.